The van der Waals surface area contributed by atoms with E-state index in [9.17, 15) is 10.1 Å². The van der Waals surface area contributed by atoms with Crippen molar-refractivity contribution in [3.8, 4) is 17.6 Å². The van der Waals surface area contributed by atoms with Crippen LogP contribution in [0.5, 0.6) is 11.5 Å². The predicted octanol–water partition coefficient (Wildman–Crippen LogP) is 6.03. The van der Waals surface area contributed by atoms with Gasteiger partial charge in [0.2, 0.25) is 0 Å². The highest BCUT2D eigenvalue weighted by Crippen LogP contribution is 2.30. The molecule has 3 aromatic rings. The number of rotatable bonds is 6. The van der Waals surface area contributed by atoms with Crippen molar-refractivity contribution >= 4 is 35.3 Å². The zero-order valence-electron chi connectivity index (χ0n) is 16.2. The molecule has 0 spiro atoms. The molecule has 3 aromatic carbocycles. The smallest absolute Gasteiger partial charge is 0.336 e. The van der Waals surface area contributed by atoms with E-state index in [1.807, 2.05) is 30.3 Å². The van der Waals surface area contributed by atoms with Crippen LogP contribution in [0.15, 0.2) is 78.9 Å². The topological polar surface area (TPSA) is 59.3 Å². The van der Waals surface area contributed by atoms with Crippen molar-refractivity contribution in [2.24, 2.45) is 0 Å². The van der Waals surface area contributed by atoms with E-state index in [1.54, 1.807) is 54.6 Å². The van der Waals surface area contributed by atoms with Crippen molar-refractivity contribution in [1.82, 2.24) is 0 Å². The first-order valence-electron chi connectivity index (χ1n) is 9.10. The quantitative estimate of drug-likeness (QED) is 0.162. The SMILES string of the molecule is COc1cc(/C=C(\C#N)c2ccccc2)ccc1OC(=O)/C=C/c1ccc(Cl)cc1. The number of nitrogens with zero attached hydrogens (tertiary/aromatic N) is 1. The first kappa shape index (κ1) is 20.9. The summed E-state index contributed by atoms with van der Waals surface area (Å²) >= 11 is 5.85. The Balaban J connectivity index is 1.77. The Hall–Kier alpha value is -3.81. The van der Waals surface area contributed by atoms with E-state index in [0.29, 0.717) is 22.1 Å². The van der Waals surface area contributed by atoms with Crippen molar-refractivity contribution in [3.63, 3.8) is 0 Å². The number of nitriles is 1. The van der Waals surface area contributed by atoms with E-state index in [0.717, 1.165) is 16.7 Å². The van der Waals surface area contributed by atoms with E-state index >= 15 is 0 Å². The van der Waals surface area contributed by atoms with Crippen LogP contribution < -0.4 is 9.47 Å². The van der Waals surface area contributed by atoms with Gasteiger partial charge in [0, 0.05) is 11.1 Å². The summed E-state index contributed by atoms with van der Waals surface area (Å²) in [5.74, 6) is 0.148. The largest absolute Gasteiger partial charge is 0.493 e. The van der Waals surface area contributed by atoms with Crippen LogP contribution in [0.4, 0.5) is 0 Å². The maximum atomic E-state index is 12.2. The maximum absolute atomic E-state index is 12.2. The van der Waals surface area contributed by atoms with Crippen LogP contribution in [0, 0.1) is 11.3 Å². The van der Waals surface area contributed by atoms with Crippen LogP contribution in [0.25, 0.3) is 17.7 Å². The molecule has 0 radical (unpaired) electrons. The van der Waals surface area contributed by atoms with Gasteiger partial charge in [0.15, 0.2) is 11.5 Å². The Kier molecular flexibility index (Phi) is 7.05. The molecule has 0 amide bonds. The van der Waals surface area contributed by atoms with Gasteiger partial charge >= 0.3 is 5.97 Å². The Labute approximate surface area is 180 Å². The summed E-state index contributed by atoms with van der Waals surface area (Å²) in [6.45, 7) is 0. The summed E-state index contributed by atoms with van der Waals surface area (Å²) in [5, 5.41) is 10.1. The van der Waals surface area contributed by atoms with E-state index in [4.69, 9.17) is 21.1 Å². The minimum absolute atomic E-state index is 0.290. The van der Waals surface area contributed by atoms with Gasteiger partial charge in [-0.3, -0.25) is 0 Å². The number of benzene rings is 3. The average molecular weight is 416 g/mol. The van der Waals surface area contributed by atoms with Crippen molar-refractivity contribution in [2.75, 3.05) is 7.11 Å². The Bertz CT molecular complexity index is 1130. The van der Waals surface area contributed by atoms with Gasteiger partial charge in [-0.1, -0.05) is 60.1 Å². The molecule has 0 aliphatic heterocycles. The molecule has 0 bridgehead atoms. The summed E-state index contributed by atoms with van der Waals surface area (Å²) in [6.07, 6.45) is 4.73. The molecule has 0 saturated heterocycles. The van der Waals surface area contributed by atoms with Crippen LogP contribution in [0.3, 0.4) is 0 Å². The van der Waals surface area contributed by atoms with Crippen molar-refractivity contribution in [3.05, 3.63) is 101 Å². The second-order valence-electron chi connectivity index (χ2n) is 6.25. The van der Waals surface area contributed by atoms with Crippen molar-refractivity contribution in [2.45, 2.75) is 0 Å². The van der Waals surface area contributed by atoms with Gasteiger partial charge in [-0.15, -0.1) is 0 Å². The fourth-order valence-electron chi connectivity index (χ4n) is 2.70. The molecule has 3 rings (SSSR count). The third kappa shape index (κ3) is 5.60. The minimum Gasteiger partial charge on any atom is -0.493 e. The van der Waals surface area contributed by atoms with Gasteiger partial charge < -0.3 is 9.47 Å². The predicted molar refractivity (Wildman–Crippen MR) is 119 cm³/mol. The first-order valence-corrected chi connectivity index (χ1v) is 9.47. The Morgan fingerprint density at radius 2 is 1.67 bits per heavy atom. The van der Waals surface area contributed by atoms with Crippen molar-refractivity contribution < 1.29 is 14.3 Å². The fraction of sp³-hybridized carbons (Fsp3) is 0.0400. The highest BCUT2D eigenvalue weighted by molar-refractivity contribution is 6.30. The van der Waals surface area contributed by atoms with Crippen LogP contribution in [-0.2, 0) is 4.79 Å². The van der Waals surface area contributed by atoms with Crippen LogP contribution in [0.2, 0.25) is 5.02 Å². The number of allylic oxidation sites excluding steroid dienone is 1. The van der Waals surface area contributed by atoms with Gasteiger partial charge in [0.05, 0.1) is 18.8 Å². The van der Waals surface area contributed by atoms with E-state index in [2.05, 4.69) is 6.07 Å². The summed E-state index contributed by atoms with van der Waals surface area (Å²) in [7, 11) is 1.49. The molecule has 30 heavy (non-hydrogen) atoms. The average Bonchev–Trinajstić information content (AvgIpc) is 2.78. The molecule has 5 heteroatoms. The van der Waals surface area contributed by atoms with E-state index in [-0.39, 0.29) is 0 Å². The molecule has 0 fully saturated rings. The third-order valence-electron chi connectivity index (χ3n) is 4.20. The summed E-state index contributed by atoms with van der Waals surface area (Å²) in [6, 6.07) is 23.8. The number of esters is 1. The second kappa shape index (κ2) is 10.1. The highest BCUT2D eigenvalue weighted by Gasteiger charge is 2.09. The molecule has 0 atom stereocenters. The van der Waals surface area contributed by atoms with Gasteiger partial charge in [-0.25, -0.2) is 4.79 Å². The molecular weight excluding hydrogens is 398 g/mol. The molecule has 0 aromatic heterocycles. The van der Waals surface area contributed by atoms with Crippen LogP contribution in [-0.4, -0.2) is 13.1 Å². The van der Waals surface area contributed by atoms with Gasteiger partial charge in [-0.05, 0) is 53.1 Å². The summed E-state index contributed by atoms with van der Waals surface area (Å²) < 4.78 is 10.7. The lowest BCUT2D eigenvalue weighted by molar-refractivity contribution is -0.129. The van der Waals surface area contributed by atoms with Crippen LogP contribution in [0.1, 0.15) is 16.7 Å². The number of methoxy groups -OCH3 is 1. The number of halogens is 1. The molecule has 0 aliphatic carbocycles. The van der Waals surface area contributed by atoms with E-state index in [1.165, 1.54) is 13.2 Å². The lowest BCUT2D eigenvalue weighted by atomic mass is 10.0. The van der Waals surface area contributed by atoms with Gasteiger partial charge in [0.1, 0.15) is 0 Å². The lowest BCUT2D eigenvalue weighted by Gasteiger charge is -2.09. The number of hydrogen-bond donors (Lipinski definition) is 0. The molecular formula is C25H18ClNO3. The molecule has 0 saturated carbocycles. The monoisotopic (exact) mass is 415 g/mol. The molecule has 0 aliphatic rings. The second-order valence-corrected chi connectivity index (χ2v) is 6.69. The summed E-state index contributed by atoms with van der Waals surface area (Å²) in [5.41, 5.74) is 2.92. The number of carbonyl (C=O) groups excluding carboxylic acids is 1. The molecule has 0 unspecified atom stereocenters. The summed E-state index contributed by atoms with van der Waals surface area (Å²) in [4.78, 5) is 12.2. The minimum atomic E-state index is -0.534. The molecule has 4 nitrogen and oxygen atoms in total. The van der Waals surface area contributed by atoms with Crippen molar-refractivity contribution in [1.29, 1.82) is 5.26 Å². The molecule has 148 valence electrons. The van der Waals surface area contributed by atoms with Gasteiger partial charge in [0.25, 0.3) is 0 Å². The normalized spacial score (nSPS) is 11.2. The zero-order chi connectivity index (χ0) is 21.3. The highest BCUT2D eigenvalue weighted by atomic mass is 35.5. The van der Waals surface area contributed by atoms with Gasteiger partial charge in [-0.2, -0.15) is 5.26 Å². The number of hydrogen-bond acceptors (Lipinski definition) is 4. The Morgan fingerprint density at radius 3 is 2.33 bits per heavy atom. The lowest BCUT2D eigenvalue weighted by Crippen LogP contribution is -2.05. The first-order chi connectivity index (χ1) is 14.6. The van der Waals surface area contributed by atoms with Crippen LogP contribution >= 0.6 is 11.6 Å². The third-order valence-corrected chi connectivity index (χ3v) is 4.45. The number of carbonyl (C=O) groups is 1. The maximum Gasteiger partial charge on any atom is 0.336 e. The standard InChI is InChI=1S/C25H18ClNO3/c1-29-24-16-19(15-21(17-27)20-5-3-2-4-6-20)9-13-23(24)30-25(28)14-10-18-7-11-22(26)12-8-18/h2-16H,1H3/b14-10+,21-15+. The molecule has 0 N–H and O–H groups in total. The zero-order valence-corrected chi connectivity index (χ0v) is 17.0. The fourth-order valence-corrected chi connectivity index (χ4v) is 2.83. The molecule has 0 heterocycles. The Morgan fingerprint density at radius 1 is 0.967 bits per heavy atom. The van der Waals surface area contributed by atoms with E-state index < -0.39 is 5.97 Å². The number of ether oxygens (including phenoxy) is 2.